The zero-order valence-corrected chi connectivity index (χ0v) is 16.8. The lowest BCUT2D eigenvalue weighted by Crippen LogP contribution is -2.39. The molecule has 6 nitrogen and oxygen atoms in total. The highest BCUT2D eigenvalue weighted by Gasteiger charge is 2.16. The van der Waals surface area contributed by atoms with Crippen LogP contribution in [0.2, 0.25) is 10.0 Å². The van der Waals surface area contributed by atoms with Gasteiger partial charge in [-0.15, -0.1) is 11.3 Å². The number of thiophene rings is 1. The summed E-state index contributed by atoms with van der Waals surface area (Å²) in [5, 5.41) is 10.6. The highest BCUT2D eigenvalue weighted by Crippen LogP contribution is 2.34. The summed E-state index contributed by atoms with van der Waals surface area (Å²) >= 11 is 13.9. The fourth-order valence-corrected chi connectivity index (χ4v) is 4.09. The van der Waals surface area contributed by atoms with E-state index in [1.54, 1.807) is 0 Å². The van der Waals surface area contributed by atoms with E-state index < -0.39 is 0 Å². The number of morpholine rings is 1. The quantitative estimate of drug-likeness (QED) is 0.627. The molecule has 0 aliphatic carbocycles. The van der Waals surface area contributed by atoms with Gasteiger partial charge in [-0.1, -0.05) is 28.4 Å². The number of hydrogen-bond acceptors (Lipinski definition) is 7. The van der Waals surface area contributed by atoms with Gasteiger partial charge in [-0.25, -0.2) is 0 Å². The Bertz CT molecular complexity index is 908. The largest absolute Gasteiger partial charge is 0.383 e. The van der Waals surface area contributed by atoms with Crippen molar-refractivity contribution in [2.45, 2.75) is 0 Å². The van der Waals surface area contributed by atoms with Gasteiger partial charge in [-0.05, 0) is 29.6 Å². The van der Waals surface area contributed by atoms with E-state index in [-0.39, 0.29) is 0 Å². The van der Waals surface area contributed by atoms with E-state index in [9.17, 15) is 0 Å². The maximum atomic E-state index is 6.34. The number of ether oxygens (including phenoxy) is 1. The molecule has 3 heterocycles. The summed E-state index contributed by atoms with van der Waals surface area (Å²) in [7, 11) is 0. The predicted octanol–water partition coefficient (Wildman–Crippen LogP) is 4.52. The van der Waals surface area contributed by atoms with Crippen molar-refractivity contribution >= 4 is 40.2 Å². The molecule has 2 aromatic heterocycles. The van der Waals surface area contributed by atoms with Gasteiger partial charge in [-0.2, -0.15) is 4.98 Å². The molecule has 9 heteroatoms. The minimum atomic E-state index is 0.418. The SMILES string of the molecule is Clc1ccc(-c2noc(-c3sccc3Cl)n2)cc1NCCN1CCOCC1. The van der Waals surface area contributed by atoms with Crippen LogP contribution in [0.15, 0.2) is 34.2 Å². The molecule has 1 aromatic carbocycles. The second kappa shape index (κ2) is 8.58. The van der Waals surface area contributed by atoms with Crippen LogP contribution in [0.4, 0.5) is 5.69 Å². The van der Waals surface area contributed by atoms with E-state index in [2.05, 4.69) is 20.4 Å². The number of benzene rings is 1. The molecule has 0 spiro atoms. The fraction of sp³-hybridized carbons (Fsp3) is 0.333. The van der Waals surface area contributed by atoms with Crippen molar-refractivity contribution in [1.29, 1.82) is 0 Å². The lowest BCUT2D eigenvalue weighted by molar-refractivity contribution is 0.0398. The number of nitrogens with one attached hydrogen (secondary N) is 1. The summed E-state index contributed by atoms with van der Waals surface area (Å²) in [5.74, 6) is 0.920. The van der Waals surface area contributed by atoms with Crippen molar-refractivity contribution in [1.82, 2.24) is 15.0 Å². The Kier molecular flexibility index (Phi) is 5.95. The van der Waals surface area contributed by atoms with Crippen LogP contribution < -0.4 is 5.32 Å². The number of rotatable bonds is 6. The molecule has 0 atom stereocenters. The van der Waals surface area contributed by atoms with Crippen LogP contribution >= 0.6 is 34.5 Å². The number of hydrogen-bond donors (Lipinski definition) is 1. The van der Waals surface area contributed by atoms with Crippen LogP contribution in [0.25, 0.3) is 22.2 Å². The van der Waals surface area contributed by atoms with Gasteiger partial charge in [0.25, 0.3) is 5.89 Å². The first kappa shape index (κ1) is 18.7. The first-order chi connectivity index (χ1) is 13.2. The van der Waals surface area contributed by atoms with Gasteiger partial charge in [0, 0.05) is 31.7 Å². The highest BCUT2D eigenvalue weighted by atomic mass is 35.5. The molecule has 142 valence electrons. The molecule has 0 unspecified atom stereocenters. The molecular formula is C18H18Cl2N4O2S. The van der Waals surface area contributed by atoms with Gasteiger partial charge >= 0.3 is 0 Å². The molecule has 0 saturated carbocycles. The van der Waals surface area contributed by atoms with Crippen LogP contribution in [-0.4, -0.2) is 54.4 Å². The Morgan fingerprint density at radius 1 is 1.15 bits per heavy atom. The smallest absolute Gasteiger partial charge is 0.269 e. The second-order valence-electron chi connectivity index (χ2n) is 6.10. The van der Waals surface area contributed by atoms with E-state index >= 15 is 0 Å². The first-order valence-electron chi connectivity index (χ1n) is 8.61. The molecule has 1 aliphatic rings. The van der Waals surface area contributed by atoms with Gasteiger partial charge < -0.3 is 14.6 Å². The minimum Gasteiger partial charge on any atom is -0.383 e. The molecule has 1 fully saturated rings. The van der Waals surface area contributed by atoms with Crippen LogP contribution in [0.1, 0.15) is 0 Å². The Balaban J connectivity index is 1.45. The zero-order chi connectivity index (χ0) is 18.6. The first-order valence-corrected chi connectivity index (χ1v) is 10.3. The Labute approximate surface area is 171 Å². The van der Waals surface area contributed by atoms with Crippen molar-refractivity contribution in [2.75, 3.05) is 44.7 Å². The van der Waals surface area contributed by atoms with Crippen LogP contribution in [0.3, 0.4) is 0 Å². The summed E-state index contributed by atoms with van der Waals surface area (Å²) in [6.07, 6.45) is 0. The fourth-order valence-electron chi connectivity index (χ4n) is 2.85. The van der Waals surface area contributed by atoms with Crippen molar-refractivity contribution in [2.24, 2.45) is 0 Å². The molecule has 1 N–H and O–H groups in total. The summed E-state index contributed by atoms with van der Waals surface area (Å²) in [5.41, 5.74) is 1.68. The summed E-state index contributed by atoms with van der Waals surface area (Å²) in [4.78, 5) is 7.60. The molecule has 0 amide bonds. The van der Waals surface area contributed by atoms with Crippen molar-refractivity contribution in [3.8, 4) is 22.2 Å². The van der Waals surface area contributed by atoms with E-state index in [1.165, 1.54) is 11.3 Å². The van der Waals surface area contributed by atoms with Gasteiger partial charge in [0.05, 0.1) is 28.9 Å². The number of halogens is 2. The number of anilines is 1. The Hall–Kier alpha value is -1.64. The predicted molar refractivity (Wildman–Crippen MR) is 109 cm³/mol. The molecular weight excluding hydrogens is 407 g/mol. The summed E-state index contributed by atoms with van der Waals surface area (Å²) in [6.45, 7) is 5.26. The molecule has 3 aromatic rings. The van der Waals surface area contributed by atoms with E-state index in [0.717, 1.165) is 55.5 Å². The maximum Gasteiger partial charge on any atom is 0.269 e. The third-order valence-electron chi connectivity index (χ3n) is 4.31. The van der Waals surface area contributed by atoms with Gasteiger partial charge in [0.1, 0.15) is 4.88 Å². The van der Waals surface area contributed by atoms with E-state index in [0.29, 0.717) is 21.8 Å². The Morgan fingerprint density at radius 2 is 2.00 bits per heavy atom. The van der Waals surface area contributed by atoms with Crippen LogP contribution in [0, 0.1) is 0 Å². The second-order valence-corrected chi connectivity index (χ2v) is 7.83. The summed E-state index contributed by atoms with van der Waals surface area (Å²) in [6, 6.07) is 7.46. The standard InChI is InChI=1S/C18H18Cl2N4O2S/c19-13-2-1-12(11-15(13)21-4-5-24-6-8-25-9-7-24)17-22-18(26-23-17)16-14(20)3-10-27-16/h1-3,10-11,21H,4-9H2. The van der Waals surface area contributed by atoms with Crippen molar-refractivity contribution in [3.63, 3.8) is 0 Å². The van der Waals surface area contributed by atoms with Gasteiger partial charge in [0.15, 0.2) is 0 Å². The lowest BCUT2D eigenvalue weighted by Gasteiger charge is -2.26. The van der Waals surface area contributed by atoms with E-state index in [1.807, 2.05) is 29.6 Å². The monoisotopic (exact) mass is 424 g/mol. The molecule has 27 heavy (non-hydrogen) atoms. The maximum absolute atomic E-state index is 6.34. The topological polar surface area (TPSA) is 63.4 Å². The normalized spacial score (nSPS) is 15.2. The van der Waals surface area contributed by atoms with Gasteiger partial charge in [-0.3, -0.25) is 4.90 Å². The third-order valence-corrected chi connectivity index (χ3v) is 5.97. The number of aromatic nitrogens is 2. The van der Waals surface area contributed by atoms with Crippen LogP contribution in [-0.2, 0) is 4.74 Å². The van der Waals surface area contributed by atoms with Gasteiger partial charge in [0.2, 0.25) is 5.82 Å². The third kappa shape index (κ3) is 4.44. The molecule has 0 radical (unpaired) electrons. The lowest BCUT2D eigenvalue weighted by atomic mass is 10.2. The minimum absolute atomic E-state index is 0.418. The average molecular weight is 425 g/mol. The zero-order valence-electron chi connectivity index (χ0n) is 14.5. The van der Waals surface area contributed by atoms with Crippen molar-refractivity contribution in [3.05, 3.63) is 39.7 Å². The molecule has 4 rings (SSSR count). The highest BCUT2D eigenvalue weighted by molar-refractivity contribution is 7.14. The Morgan fingerprint density at radius 3 is 2.78 bits per heavy atom. The molecule has 0 bridgehead atoms. The summed E-state index contributed by atoms with van der Waals surface area (Å²) < 4.78 is 10.7. The van der Waals surface area contributed by atoms with E-state index in [4.69, 9.17) is 32.5 Å². The van der Waals surface area contributed by atoms with Crippen LogP contribution in [0.5, 0.6) is 0 Å². The molecule has 1 saturated heterocycles. The number of nitrogens with zero attached hydrogens (tertiary/aromatic N) is 3. The average Bonchev–Trinajstić information content (AvgIpc) is 3.33. The van der Waals surface area contributed by atoms with Crippen molar-refractivity contribution < 1.29 is 9.26 Å². The molecule has 1 aliphatic heterocycles.